The van der Waals surface area contributed by atoms with E-state index in [9.17, 15) is 5.26 Å². The standard InChI is InChI=1S/C13H19NO2/c14-10-13-7-2-1-4-11(13)5-3-6-12(13)16-9-8-15/h6,11,15H,1-5,7-9H2. The van der Waals surface area contributed by atoms with E-state index < -0.39 is 0 Å². The van der Waals surface area contributed by atoms with Crippen molar-refractivity contribution in [3.63, 3.8) is 0 Å². The van der Waals surface area contributed by atoms with E-state index in [1.54, 1.807) is 0 Å². The molecule has 3 nitrogen and oxygen atoms in total. The maximum atomic E-state index is 9.51. The van der Waals surface area contributed by atoms with Gasteiger partial charge in [-0.05, 0) is 37.7 Å². The lowest BCUT2D eigenvalue weighted by atomic mass is 9.62. The third-order valence-electron chi connectivity index (χ3n) is 3.90. The lowest BCUT2D eigenvalue weighted by Gasteiger charge is -2.42. The highest BCUT2D eigenvalue weighted by molar-refractivity contribution is 5.24. The van der Waals surface area contributed by atoms with Crippen LogP contribution in [0, 0.1) is 22.7 Å². The summed E-state index contributed by atoms with van der Waals surface area (Å²) in [6.45, 7) is 0.325. The molecule has 2 aliphatic carbocycles. The number of fused-ring (bicyclic) bond motifs is 1. The van der Waals surface area contributed by atoms with Gasteiger partial charge in [0.1, 0.15) is 17.8 Å². The van der Waals surface area contributed by atoms with E-state index in [1.165, 1.54) is 6.42 Å². The van der Waals surface area contributed by atoms with E-state index in [4.69, 9.17) is 9.84 Å². The van der Waals surface area contributed by atoms with Gasteiger partial charge in [-0.1, -0.05) is 12.8 Å². The Kier molecular flexibility index (Phi) is 3.50. The van der Waals surface area contributed by atoms with Crippen LogP contribution >= 0.6 is 0 Å². The zero-order valence-corrected chi connectivity index (χ0v) is 9.61. The van der Waals surface area contributed by atoms with E-state index in [2.05, 4.69) is 12.1 Å². The van der Waals surface area contributed by atoms with Gasteiger partial charge in [-0.25, -0.2) is 0 Å². The Bertz CT molecular complexity index is 318. The van der Waals surface area contributed by atoms with Crippen molar-refractivity contribution in [3.8, 4) is 6.07 Å². The molecular formula is C13H19NO2. The average Bonchev–Trinajstić information content (AvgIpc) is 2.36. The lowest BCUT2D eigenvalue weighted by Crippen LogP contribution is -2.37. The molecule has 0 spiro atoms. The van der Waals surface area contributed by atoms with Crippen LogP contribution in [0.4, 0.5) is 0 Å². The van der Waals surface area contributed by atoms with Gasteiger partial charge in [0.15, 0.2) is 0 Å². The van der Waals surface area contributed by atoms with Gasteiger partial charge in [-0.2, -0.15) is 5.26 Å². The summed E-state index contributed by atoms with van der Waals surface area (Å²) < 4.78 is 5.58. The van der Waals surface area contributed by atoms with Crippen LogP contribution in [-0.4, -0.2) is 18.3 Å². The highest BCUT2D eigenvalue weighted by Gasteiger charge is 2.46. The number of ether oxygens (including phenoxy) is 1. The van der Waals surface area contributed by atoms with Gasteiger partial charge in [0.2, 0.25) is 0 Å². The van der Waals surface area contributed by atoms with Crippen LogP contribution in [0.3, 0.4) is 0 Å². The Hall–Kier alpha value is -1.01. The molecule has 0 bridgehead atoms. The molecule has 0 radical (unpaired) electrons. The summed E-state index contributed by atoms with van der Waals surface area (Å²) in [5.41, 5.74) is -0.383. The summed E-state index contributed by atoms with van der Waals surface area (Å²) in [5, 5.41) is 18.3. The first-order valence-corrected chi connectivity index (χ1v) is 6.19. The summed E-state index contributed by atoms with van der Waals surface area (Å²) in [7, 11) is 0. The number of nitrogens with zero attached hydrogens (tertiary/aromatic N) is 1. The van der Waals surface area contributed by atoms with Gasteiger partial charge < -0.3 is 9.84 Å². The Balaban J connectivity index is 2.21. The molecule has 2 rings (SSSR count). The number of hydrogen-bond donors (Lipinski definition) is 1. The third-order valence-corrected chi connectivity index (χ3v) is 3.90. The van der Waals surface area contributed by atoms with Crippen LogP contribution < -0.4 is 0 Å². The zero-order chi connectivity index (χ0) is 11.4. The fourth-order valence-corrected chi connectivity index (χ4v) is 3.10. The number of aliphatic hydroxyl groups excluding tert-OH is 1. The number of rotatable bonds is 3. The molecule has 0 aromatic rings. The molecule has 1 saturated carbocycles. The van der Waals surface area contributed by atoms with Gasteiger partial charge in [0.25, 0.3) is 0 Å². The number of hydrogen-bond acceptors (Lipinski definition) is 3. The summed E-state index contributed by atoms with van der Waals surface area (Å²) in [4.78, 5) is 0. The van der Waals surface area contributed by atoms with E-state index in [-0.39, 0.29) is 12.0 Å². The van der Waals surface area contributed by atoms with Crippen LogP contribution in [0.5, 0.6) is 0 Å². The maximum absolute atomic E-state index is 9.51. The maximum Gasteiger partial charge on any atom is 0.117 e. The third kappa shape index (κ3) is 1.82. The summed E-state index contributed by atoms with van der Waals surface area (Å²) in [5.74, 6) is 1.30. The zero-order valence-electron chi connectivity index (χ0n) is 9.61. The molecule has 0 aliphatic heterocycles. The molecule has 3 heteroatoms. The van der Waals surface area contributed by atoms with Gasteiger partial charge in [0.05, 0.1) is 12.7 Å². The van der Waals surface area contributed by atoms with Crippen molar-refractivity contribution in [2.75, 3.05) is 13.2 Å². The molecule has 1 fully saturated rings. The van der Waals surface area contributed by atoms with Gasteiger partial charge >= 0.3 is 0 Å². The van der Waals surface area contributed by atoms with Crippen LogP contribution in [0.15, 0.2) is 11.8 Å². The van der Waals surface area contributed by atoms with Crippen molar-refractivity contribution >= 4 is 0 Å². The van der Waals surface area contributed by atoms with Crippen LogP contribution in [0.1, 0.15) is 38.5 Å². The second-order valence-electron chi connectivity index (χ2n) is 4.74. The predicted molar refractivity (Wildman–Crippen MR) is 60.4 cm³/mol. The second kappa shape index (κ2) is 4.88. The van der Waals surface area contributed by atoms with Crippen molar-refractivity contribution < 1.29 is 9.84 Å². The highest BCUT2D eigenvalue weighted by atomic mass is 16.5. The van der Waals surface area contributed by atoms with Gasteiger partial charge in [-0.3, -0.25) is 0 Å². The molecule has 0 amide bonds. The number of allylic oxidation sites excluding steroid dienone is 2. The molecule has 0 heterocycles. The molecule has 16 heavy (non-hydrogen) atoms. The average molecular weight is 221 g/mol. The number of aliphatic hydroxyl groups is 1. The fraction of sp³-hybridized carbons (Fsp3) is 0.769. The molecule has 88 valence electrons. The molecule has 0 aromatic heterocycles. The summed E-state index contributed by atoms with van der Waals surface area (Å²) in [6.07, 6.45) is 8.60. The van der Waals surface area contributed by atoms with Crippen molar-refractivity contribution in [1.82, 2.24) is 0 Å². The lowest BCUT2D eigenvalue weighted by molar-refractivity contribution is 0.0551. The Morgan fingerprint density at radius 3 is 3.12 bits per heavy atom. The largest absolute Gasteiger partial charge is 0.494 e. The molecule has 0 saturated heterocycles. The second-order valence-corrected chi connectivity index (χ2v) is 4.74. The van der Waals surface area contributed by atoms with Crippen LogP contribution in [0.25, 0.3) is 0 Å². The van der Waals surface area contributed by atoms with Gasteiger partial charge in [-0.15, -0.1) is 0 Å². The first-order chi connectivity index (χ1) is 7.83. The summed E-state index contributed by atoms with van der Waals surface area (Å²) >= 11 is 0. The minimum atomic E-state index is -0.383. The van der Waals surface area contributed by atoms with E-state index in [1.807, 2.05) is 0 Å². The highest BCUT2D eigenvalue weighted by Crippen LogP contribution is 2.51. The topological polar surface area (TPSA) is 53.2 Å². The van der Waals surface area contributed by atoms with Crippen molar-refractivity contribution in [1.29, 1.82) is 5.26 Å². The monoisotopic (exact) mass is 221 g/mol. The Labute approximate surface area is 96.7 Å². The van der Waals surface area contributed by atoms with Crippen molar-refractivity contribution in [2.24, 2.45) is 11.3 Å². The molecular weight excluding hydrogens is 202 g/mol. The van der Waals surface area contributed by atoms with Crippen molar-refractivity contribution in [3.05, 3.63) is 11.8 Å². The summed E-state index contributed by atoms with van der Waals surface area (Å²) in [6, 6.07) is 2.50. The molecule has 2 unspecified atom stereocenters. The van der Waals surface area contributed by atoms with E-state index in [0.717, 1.165) is 37.9 Å². The molecule has 2 aliphatic rings. The first-order valence-electron chi connectivity index (χ1n) is 6.19. The Morgan fingerprint density at radius 2 is 2.38 bits per heavy atom. The smallest absolute Gasteiger partial charge is 0.117 e. The molecule has 1 N–H and O–H groups in total. The Morgan fingerprint density at radius 1 is 1.50 bits per heavy atom. The number of nitriles is 1. The fourth-order valence-electron chi connectivity index (χ4n) is 3.10. The minimum Gasteiger partial charge on any atom is -0.494 e. The van der Waals surface area contributed by atoms with Crippen LogP contribution in [0.2, 0.25) is 0 Å². The van der Waals surface area contributed by atoms with E-state index >= 15 is 0 Å². The molecule has 0 aromatic carbocycles. The minimum absolute atomic E-state index is 0.0174. The molecule has 2 atom stereocenters. The van der Waals surface area contributed by atoms with Gasteiger partial charge in [0, 0.05) is 0 Å². The normalized spacial score (nSPS) is 33.5. The van der Waals surface area contributed by atoms with Crippen LogP contribution in [-0.2, 0) is 4.74 Å². The van der Waals surface area contributed by atoms with Crippen molar-refractivity contribution in [2.45, 2.75) is 38.5 Å². The predicted octanol–water partition coefficient (Wildman–Crippen LogP) is 2.37. The van der Waals surface area contributed by atoms with E-state index in [0.29, 0.717) is 12.5 Å². The SMILES string of the molecule is N#CC12CCCCC1CCC=C2OCCO. The first kappa shape index (κ1) is 11.5. The quantitative estimate of drug-likeness (QED) is 0.796.